The Labute approximate surface area is 74.6 Å². The molecule has 0 nitrogen and oxygen atoms in total. The van der Waals surface area contributed by atoms with E-state index in [0.29, 0.717) is 0 Å². The maximum absolute atomic E-state index is 5.32. The first-order valence-corrected chi connectivity index (χ1v) is 4.31. The number of hydrogen-bond donors (Lipinski definition) is 0. The monoisotopic (exact) mass is 157 g/mol. The fraction of sp³-hybridized carbons (Fsp3) is 0.333. The summed E-state index contributed by atoms with van der Waals surface area (Å²) in [5.41, 5.74) is 3.40. The van der Waals surface area contributed by atoms with E-state index in [1.165, 1.54) is 11.1 Å². The highest BCUT2D eigenvalue weighted by Gasteiger charge is 1.96. The summed E-state index contributed by atoms with van der Waals surface area (Å²) in [4.78, 5) is 0. The van der Waals surface area contributed by atoms with Crippen molar-refractivity contribution in [3.63, 3.8) is 0 Å². The third kappa shape index (κ3) is 1.89. The molecular formula is C12H13. The zero-order valence-corrected chi connectivity index (χ0v) is 7.65. The zero-order chi connectivity index (χ0) is 8.97. The fourth-order valence-corrected chi connectivity index (χ4v) is 1.17. The van der Waals surface area contributed by atoms with E-state index in [1.807, 2.05) is 6.07 Å². The molecule has 0 aliphatic carbocycles. The van der Waals surface area contributed by atoms with Gasteiger partial charge in [-0.25, -0.2) is 0 Å². The van der Waals surface area contributed by atoms with E-state index in [1.54, 1.807) is 0 Å². The first-order chi connectivity index (χ1) is 5.80. The van der Waals surface area contributed by atoms with E-state index in [0.717, 1.165) is 18.4 Å². The lowest BCUT2D eigenvalue weighted by molar-refractivity contribution is 1.08. The Kier molecular flexibility index (Phi) is 2.94. The molecule has 0 amide bonds. The van der Waals surface area contributed by atoms with Gasteiger partial charge in [-0.05, 0) is 30.0 Å². The molecule has 0 spiro atoms. The number of hydrogen-bond acceptors (Lipinski definition) is 0. The van der Waals surface area contributed by atoms with Crippen LogP contribution in [0.15, 0.2) is 12.1 Å². The number of terminal acetylenes is 1. The highest BCUT2D eigenvalue weighted by atomic mass is 14.0. The van der Waals surface area contributed by atoms with Gasteiger partial charge in [0.05, 0.1) is 0 Å². The van der Waals surface area contributed by atoms with Crippen LogP contribution < -0.4 is 0 Å². The summed E-state index contributed by atoms with van der Waals surface area (Å²) < 4.78 is 0. The van der Waals surface area contributed by atoms with Crippen molar-refractivity contribution in [3.8, 4) is 12.3 Å². The summed E-state index contributed by atoms with van der Waals surface area (Å²) in [6.45, 7) is 4.25. The molecule has 1 radical (unpaired) electrons. The van der Waals surface area contributed by atoms with Gasteiger partial charge in [-0.3, -0.25) is 0 Å². The van der Waals surface area contributed by atoms with Crippen LogP contribution in [0.4, 0.5) is 0 Å². The molecule has 12 heavy (non-hydrogen) atoms. The molecule has 0 heteroatoms. The standard InChI is InChI=1S/C12H13/c1-4-10-7-11(5-2)9-12(6-3)8-10/h1,7,9H,5-6H2,2-3H3. The van der Waals surface area contributed by atoms with E-state index in [9.17, 15) is 0 Å². The van der Waals surface area contributed by atoms with Gasteiger partial charge in [0.1, 0.15) is 0 Å². The summed E-state index contributed by atoms with van der Waals surface area (Å²) in [6, 6.07) is 7.38. The second kappa shape index (κ2) is 3.97. The van der Waals surface area contributed by atoms with Crippen LogP contribution in [0, 0.1) is 18.4 Å². The van der Waals surface area contributed by atoms with Gasteiger partial charge >= 0.3 is 0 Å². The van der Waals surface area contributed by atoms with Crippen LogP contribution in [0.1, 0.15) is 30.5 Å². The Balaban J connectivity index is 3.12. The molecular weight excluding hydrogens is 144 g/mol. The van der Waals surface area contributed by atoms with Crippen LogP contribution in [-0.2, 0) is 12.8 Å². The van der Waals surface area contributed by atoms with Crippen LogP contribution in [0.25, 0.3) is 0 Å². The third-order valence-electron chi connectivity index (χ3n) is 1.93. The first-order valence-electron chi connectivity index (χ1n) is 4.31. The van der Waals surface area contributed by atoms with Gasteiger partial charge in [-0.15, -0.1) is 6.42 Å². The Morgan fingerprint density at radius 3 is 2.58 bits per heavy atom. The molecule has 0 saturated heterocycles. The molecule has 61 valence electrons. The van der Waals surface area contributed by atoms with E-state index in [-0.39, 0.29) is 0 Å². The molecule has 0 aromatic heterocycles. The van der Waals surface area contributed by atoms with E-state index in [2.05, 4.69) is 31.9 Å². The molecule has 0 aliphatic heterocycles. The molecule has 0 bridgehead atoms. The highest BCUT2D eigenvalue weighted by Crippen LogP contribution is 2.09. The average molecular weight is 157 g/mol. The Bertz CT molecular complexity index is 280. The van der Waals surface area contributed by atoms with Crippen LogP contribution in [-0.4, -0.2) is 0 Å². The van der Waals surface area contributed by atoms with Crippen molar-refractivity contribution in [2.24, 2.45) is 0 Å². The SMILES string of the molecule is C#Cc1[c]c(CC)cc(CC)c1. The Morgan fingerprint density at radius 2 is 2.08 bits per heavy atom. The normalized spacial score (nSPS) is 9.42. The summed E-state index contributed by atoms with van der Waals surface area (Å²) in [5.74, 6) is 2.62. The summed E-state index contributed by atoms with van der Waals surface area (Å²) >= 11 is 0. The van der Waals surface area contributed by atoms with Crippen molar-refractivity contribution in [1.29, 1.82) is 0 Å². The van der Waals surface area contributed by atoms with Gasteiger partial charge in [0.25, 0.3) is 0 Å². The average Bonchev–Trinajstić information content (AvgIpc) is 2.16. The molecule has 0 fully saturated rings. The smallest absolute Gasteiger partial charge is 0.0327 e. The summed E-state index contributed by atoms with van der Waals surface area (Å²) in [6.07, 6.45) is 7.36. The predicted molar refractivity (Wildman–Crippen MR) is 52.0 cm³/mol. The third-order valence-corrected chi connectivity index (χ3v) is 1.93. The van der Waals surface area contributed by atoms with Crippen molar-refractivity contribution in [2.45, 2.75) is 26.7 Å². The largest absolute Gasteiger partial charge is 0.115 e. The predicted octanol–water partition coefficient (Wildman–Crippen LogP) is 2.59. The quantitative estimate of drug-likeness (QED) is 0.579. The lowest BCUT2D eigenvalue weighted by Gasteiger charge is -2.01. The molecule has 0 heterocycles. The fourth-order valence-electron chi connectivity index (χ4n) is 1.17. The molecule has 0 aliphatic rings. The molecule has 0 atom stereocenters. The molecule has 0 unspecified atom stereocenters. The summed E-state index contributed by atoms with van der Waals surface area (Å²) in [5, 5.41) is 0. The number of rotatable bonds is 2. The molecule has 0 saturated carbocycles. The lowest BCUT2D eigenvalue weighted by Crippen LogP contribution is -1.88. The minimum atomic E-state index is 0.881. The van der Waals surface area contributed by atoms with Gasteiger partial charge in [0, 0.05) is 11.6 Å². The maximum atomic E-state index is 5.32. The van der Waals surface area contributed by atoms with Crippen LogP contribution in [0.5, 0.6) is 0 Å². The number of aryl methyl sites for hydroxylation is 2. The highest BCUT2D eigenvalue weighted by molar-refractivity contribution is 5.38. The molecule has 1 aromatic carbocycles. The van der Waals surface area contributed by atoms with E-state index >= 15 is 0 Å². The van der Waals surface area contributed by atoms with Crippen molar-refractivity contribution < 1.29 is 0 Å². The Hall–Kier alpha value is -1.22. The second-order valence-corrected chi connectivity index (χ2v) is 2.78. The van der Waals surface area contributed by atoms with Crippen LogP contribution in [0.3, 0.4) is 0 Å². The van der Waals surface area contributed by atoms with Crippen molar-refractivity contribution in [3.05, 3.63) is 34.9 Å². The Morgan fingerprint density at radius 1 is 1.33 bits per heavy atom. The second-order valence-electron chi connectivity index (χ2n) is 2.78. The summed E-state index contributed by atoms with van der Waals surface area (Å²) in [7, 11) is 0. The van der Waals surface area contributed by atoms with E-state index in [4.69, 9.17) is 6.42 Å². The topological polar surface area (TPSA) is 0 Å². The lowest BCUT2D eigenvalue weighted by atomic mass is 10.0. The minimum absolute atomic E-state index is 0.881. The zero-order valence-electron chi connectivity index (χ0n) is 7.65. The maximum Gasteiger partial charge on any atom is 0.0327 e. The van der Waals surface area contributed by atoms with Crippen LogP contribution in [0.2, 0.25) is 0 Å². The van der Waals surface area contributed by atoms with Crippen molar-refractivity contribution in [1.82, 2.24) is 0 Å². The van der Waals surface area contributed by atoms with Gasteiger partial charge in [0.2, 0.25) is 0 Å². The molecule has 1 aromatic rings. The molecule has 0 N–H and O–H groups in total. The van der Waals surface area contributed by atoms with Gasteiger partial charge < -0.3 is 0 Å². The molecule has 1 rings (SSSR count). The minimum Gasteiger partial charge on any atom is -0.115 e. The van der Waals surface area contributed by atoms with E-state index < -0.39 is 0 Å². The van der Waals surface area contributed by atoms with Gasteiger partial charge in [-0.1, -0.05) is 25.8 Å². The van der Waals surface area contributed by atoms with Crippen molar-refractivity contribution >= 4 is 0 Å². The van der Waals surface area contributed by atoms with Crippen LogP contribution >= 0.6 is 0 Å². The van der Waals surface area contributed by atoms with Crippen molar-refractivity contribution in [2.75, 3.05) is 0 Å². The number of benzene rings is 1. The van der Waals surface area contributed by atoms with Gasteiger partial charge in [0.15, 0.2) is 0 Å². The van der Waals surface area contributed by atoms with Gasteiger partial charge in [-0.2, -0.15) is 0 Å². The first kappa shape index (κ1) is 8.87.